The number of thioether (sulfide) groups is 1. The number of nitrogens with one attached hydrogen (secondary N) is 2. The molecule has 0 aliphatic heterocycles. The second kappa shape index (κ2) is 9.83. The largest absolute Gasteiger partial charge is 0.455 e. The Balaban J connectivity index is 2.17. The van der Waals surface area contributed by atoms with E-state index in [2.05, 4.69) is 15.0 Å². The number of rotatable bonds is 8. The van der Waals surface area contributed by atoms with Crippen molar-refractivity contribution in [1.29, 1.82) is 0 Å². The zero-order valence-electron chi connectivity index (χ0n) is 15.2. The van der Waals surface area contributed by atoms with Crippen LogP contribution in [-0.4, -0.2) is 30.7 Å². The maximum atomic E-state index is 12.5. The summed E-state index contributed by atoms with van der Waals surface area (Å²) in [7, 11) is -4.41. The van der Waals surface area contributed by atoms with Gasteiger partial charge in [0.25, 0.3) is 0 Å². The van der Waals surface area contributed by atoms with E-state index in [0.29, 0.717) is 6.42 Å². The van der Waals surface area contributed by atoms with Gasteiger partial charge in [0.15, 0.2) is 5.75 Å². The summed E-state index contributed by atoms with van der Waals surface area (Å²) in [5.41, 5.74) is -4.59. The van der Waals surface area contributed by atoms with E-state index >= 15 is 0 Å². The molecule has 0 radical (unpaired) electrons. The molecule has 2 aromatic rings. The Kier molecular flexibility index (Phi) is 7.73. The quantitative estimate of drug-likeness (QED) is 0.446. The number of hydrogen-bond donors (Lipinski definition) is 2. The van der Waals surface area contributed by atoms with Crippen LogP contribution < -0.4 is 14.8 Å². The summed E-state index contributed by atoms with van der Waals surface area (Å²) in [5, 5.41) is 1.08. The smallest absolute Gasteiger partial charge is 0.446 e. The monoisotopic (exact) mass is 449 g/mol. The lowest BCUT2D eigenvalue weighted by molar-refractivity contribution is -0.0328. The van der Waals surface area contributed by atoms with Crippen LogP contribution in [0, 0.1) is 0 Å². The molecule has 0 spiro atoms. The fourth-order valence-electron chi connectivity index (χ4n) is 2.06. The molecule has 0 fully saturated rings. The summed E-state index contributed by atoms with van der Waals surface area (Å²) in [6.07, 6.45) is 3.83. The van der Waals surface area contributed by atoms with E-state index < -0.39 is 20.8 Å². The van der Waals surface area contributed by atoms with Gasteiger partial charge in [-0.25, -0.2) is 0 Å². The number of benzene rings is 1. The highest BCUT2D eigenvalue weighted by Crippen LogP contribution is 2.39. The molecule has 158 valence electrons. The maximum Gasteiger partial charge on any atom is 0.446 e. The first-order chi connectivity index (χ1) is 13.6. The topological polar surface area (TPSA) is 97.4 Å². The van der Waals surface area contributed by atoms with Crippen molar-refractivity contribution in [3.05, 3.63) is 42.7 Å². The first-order valence-electron chi connectivity index (χ1n) is 8.39. The van der Waals surface area contributed by atoms with Gasteiger partial charge in [-0.05, 0) is 36.4 Å². The molecule has 0 saturated carbocycles. The number of amides is 1. The lowest BCUT2D eigenvalue weighted by atomic mass is 10.3. The van der Waals surface area contributed by atoms with Crippen LogP contribution in [0.5, 0.6) is 11.5 Å². The molecule has 0 saturated heterocycles. The average Bonchev–Trinajstić information content (AvgIpc) is 2.62. The lowest BCUT2D eigenvalue weighted by Gasteiger charge is -2.13. The van der Waals surface area contributed by atoms with Crippen molar-refractivity contribution in [3.8, 4) is 11.5 Å². The molecule has 2 rings (SSSR count). The minimum atomic E-state index is -4.46. The Labute approximate surface area is 170 Å². The van der Waals surface area contributed by atoms with Crippen LogP contribution in [0.2, 0.25) is 0 Å². The van der Waals surface area contributed by atoms with Gasteiger partial charge in [-0.2, -0.15) is 21.6 Å². The number of unbranched alkanes of at least 4 members (excludes halogenated alkanes) is 1. The fraction of sp³-hybridized carbons (Fsp3) is 0.294. The summed E-state index contributed by atoms with van der Waals surface area (Å²) in [4.78, 5) is 15.5. The highest BCUT2D eigenvalue weighted by atomic mass is 32.2. The van der Waals surface area contributed by atoms with E-state index in [1.54, 1.807) is 0 Å². The second-order valence-corrected chi connectivity index (χ2v) is 8.39. The number of sulfonamides is 1. The predicted octanol–water partition coefficient (Wildman–Crippen LogP) is 4.74. The van der Waals surface area contributed by atoms with Crippen molar-refractivity contribution in [2.24, 2.45) is 0 Å². The zero-order valence-corrected chi connectivity index (χ0v) is 16.8. The molecule has 1 aromatic heterocycles. The summed E-state index contributed by atoms with van der Waals surface area (Å²) >= 11 is -0.304. The third-order valence-electron chi connectivity index (χ3n) is 3.34. The number of anilines is 1. The van der Waals surface area contributed by atoms with Gasteiger partial charge in [-0.1, -0.05) is 19.4 Å². The SMILES string of the molecule is CCCCNC(=O)S(=O)(=O)Nc1cnccc1Oc1cccc(SC(F)(F)F)c1. The van der Waals surface area contributed by atoms with Gasteiger partial charge < -0.3 is 10.1 Å². The standard InChI is InChI=1S/C17H18F3N3O4S2/c1-2-3-8-22-16(24)29(25,26)23-14-11-21-9-7-15(14)27-12-5-4-6-13(10-12)28-17(18,19)20/h4-7,9-11,23H,2-3,8H2,1H3,(H,22,24). The first kappa shape index (κ1) is 22.8. The number of aromatic nitrogens is 1. The number of ether oxygens (including phenoxy) is 1. The van der Waals surface area contributed by atoms with Crippen LogP contribution in [0.1, 0.15) is 19.8 Å². The summed E-state index contributed by atoms with van der Waals surface area (Å²) < 4.78 is 69.5. The van der Waals surface area contributed by atoms with Crippen molar-refractivity contribution in [2.45, 2.75) is 30.2 Å². The second-order valence-electron chi connectivity index (χ2n) is 5.67. The van der Waals surface area contributed by atoms with Gasteiger partial charge in [0.1, 0.15) is 11.4 Å². The number of halogens is 3. The maximum absolute atomic E-state index is 12.5. The number of hydrogen-bond acceptors (Lipinski definition) is 6. The van der Waals surface area contributed by atoms with Crippen molar-refractivity contribution in [2.75, 3.05) is 11.3 Å². The Morgan fingerprint density at radius 2 is 2.03 bits per heavy atom. The van der Waals surface area contributed by atoms with E-state index in [-0.39, 0.29) is 40.4 Å². The van der Waals surface area contributed by atoms with Gasteiger partial charge in [0, 0.05) is 23.7 Å². The molecular weight excluding hydrogens is 431 g/mol. The van der Waals surface area contributed by atoms with Crippen molar-refractivity contribution in [1.82, 2.24) is 10.3 Å². The molecule has 0 aliphatic carbocycles. The highest BCUT2D eigenvalue weighted by molar-refractivity contribution is 8.07. The van der Waals surface area contributed by atoms with Crippen LogP contribution in [0.3, 0.4) is 0 Å². The van der Waals surface area contributed by atoms with Gasteiger partial charge in [0.2, 0.25) is 0 Å². The van der Waals surface area contributed by atoms with Crippen LogP contribution in [0.25, 0.3) is 0 Å². The molecular formula is C17H18F3N3O4S2. The molecule has 1 amide bonds. The number of nitrogens with zero attached hydrogens (tertiary/aromatic N) is 1. The van der Waals surface area contributed by atoms with Crippen molar-refractivity contribution < 1.29 is 31.1 Å². The van der Waals surface area contributed by atoms with Crippen LogP contribution >= 0.6 is 11.8 Å². The van der Waals surface area contributed by atoms with E-state index in [4.69, 9.17) is 4.74 Å². The Morgan fingerprint density at radius 1 is 1.28 bits per heavy atom. The number of carbonyl (C=O) groups excluding carboxylic acids is 1. The lowest BCUT2D eigenvalue weighted by Crippen LogP contribution is -2.34. The van der Waals surface area contributed by atoms with Gasteiger partial charge >= 0.3 is 20.8 Å². The fourth-order valence-corrected chi connectivity index (χ4v) is 3.48. The Morgan fingerprint density at radius 3 is 2.72 bits per heavy atom. The predicted molar refractivity (Wildman–Crippen MR) is 104 cm³/mol. The molecule has 1 aromatic carbocycles. The number of carbonyl (C=O) groups is 1. The molecule has 2 N–H and O–H groups in total. The van der Waals surface area contributed by atoms with E-state index in [1.165, 1.54) is 30.5 Å². The Hall–Kier alpha value is -2.47. The van der Waals surface area contributed by atoms with Crippen LogP contribution in [0.15, 0.2) is 47.6 Å². The van der Waals surface area contributed by atoms with E-state index in [1.807, 2.05) is 6.92 Å². The summed E-state index contributed by atoms with van der Waals surface area (Å²) in [6.45, 7) is 2.09. The van der Waals surface area contributed by atoms with Crippen LogP contribution in [-0.2, 0) is 10.0 Å². The van der Waals surface area contributed by atoms with Gasteiger partial charge in [0.05, 0.1) is 6.20 Å². The number of alkyl halides is 3. The minimum Gasteiger partial charge on any atom is -0.455 e. The van der Waals surface area contributed by atoms with Crippen LogP contribution in [0.4, 0.5) is 23.7 Å². The molecule has 7 nitrogen and oxygen atoms in total. The third kappa shape index (κ3) is 7.46. The molecule has 29 heavy (non-hydrogen) atoms. The molecule has 1 heterocycles. The van der Waals surface area contributed by atoms with E-state index in [0.717, 1.165) is 18.7 Å². The highest BCUT2D eigenvalue weighted by Gasteiger charge is 2.29. The minimum absolute atomic E-state index is 0.0286. The average molecular weight is 449 g/mol. The molecule has 0 aliphatic rings. The molecule has 12 heteroatoms. The normalized spacial score (nSPS) is 11.7. The molecule has 0 atom stereocenters. The van der Waals surface area contributed by atoms with Gasteiger partial charge in [-0.15, -0.1) is 0 Å². The van der Waals surface area contributed by atoms with Gasteiger partial charge in [-0.3, -0.25) is 14.5 Å². The molecule has 0 unspecified atom stereocenters. The summed E-state index contributed by atoms with van der Waals surface area (Å²) in [5.74, 6) is 0.0254. The third-order valence-corrected chi connectivity index (χ3v) is 5.18. The zero-order chi connectivity index (χ0) is 21.5. The summed E-state index contributed by atoms with van der Waals surface area (Å²) in [6, 6.07) is 6.53. The van der Waals surface area contributed by atoms with Crippen molar-refractivity contribution >= 4 is 32.7 Å². The van der Waals surface area contributed by atoms with E-state index in [9.17, 15) is 26.4 Å². The number of pyridine rings is 1. The van der Waals surface area contributed by atoms with Crippen molar-refractivity contribution in [3.63, 3.8) is 0 Å². The molecule has 0 bridgehead atoms. The Bertz CT molecular complexity index is 953. The first-order valence-corrected chi connectivity index (χ1v) is 10.7.